The van der Waals surface area contributed by atoms with Crippen molar-refractivity contribution in [3.8, 4) is 0 Å². The summed E-state index contributed by atoms with van der Waals surface area (Å²) in [6.45, 7) is 0.0194. The van der Waals surface area contributed by atoms with E-state index in [1.54, 1.807) is 35.2 Å². The van der Waals surface area contributed by atoms with E-state index in [2.05, 4.69) is 5.32 Å². The number of nitrogens with zero attached hydrogens (tertiary/aromatic N) is 2. The normalized spacial score (nSPS) is 16.7. The molecule has 0 spiro atoms. The van der Waals surface area contributed by atoms with Crippen molar-refractivity contribution in [3.63, 3.8) is 0 Å². The number of sulfonamides is 1. The van der Waals surface area contributed by atoms with Crippen molar-refractivity contribution in [2.75, 3.05) is 6.54 Å². The van der Waals surface area contributed by atoms with E-state index in [1.807, 2.05) is 36.4 Å². The van der Waals surface area contributed by atoms with Gasteiger partial charge in [0, 0.05) is 37.0 Å². The van der Waals surface area contributed by atoms with Gasteiger partial charge in [-0.1, -0.05) is 79.0 Å². The number of carbonyl (C=O) groups excluding carboxylic acids is 3. The lowest BCUT2D eigenvalue weighted by Crippen LogP contribution is -2.52. The van der Waals surface area contributed by atoms with Crippen molar-refractivity contribution < 1.29 is 22.8 Å². The summed E-state index contributed by atoms with van der Waals surface area (Å²) in [5, 5.41) is 3.69. The van der Waals surface area contributed by atoms with Gasteiger partial charge in [0.1, 0.15) is 10.9 Å². The molecule has 1 N–H and O–H groups in total. The molecular formula is C32H34ClN3O5S. The second-order valence-electron chi connectivity index (χ2n) is 10.8. The van der Waals surface area contributed by atoms with Crippen LogP contribution in [0, 0.1) is 0 Å². The molecule has 1 saturated carbocycles. The summed E-state index contributed by atoms with van der Waals surface area (Å²) in [5.74, 6) is -1.11. The highest BCUT2D eigenvalue weighted by atomic mass is 35.5. The maximum atomic E-state index is 13.9. The first-order valence-corrected chi connectivity index (χ1v) is 16.1. The van der Waals surface area contributed by atoms with E-state index in [4.69, 9.17) is 11.6 Å². The van der Waals surface area contributed by atoms with Crippen molar-refractivity contribution in [2.45, 2.75) is 68.5 Å². The van der Waals surface area contributed by atoms with Crippen molar-refractivity contribution in [1.29, 1.82) is 0 Å². The molecule has 0 bridgehead atoms. The van der Waals surface area contributed by atoms with E-state index >= 15 is 0 Å². The Labute approximate surface area is 251 Å². The van der Waals surface area contributed by atoms with Crippen LogP contribution in [0.25, 0.3) is 0 Å². The summed E-state index contributed by atoms with van der Waals surface area (Å²) in [7, 11) is -3.97. The van der Waals surface area contributed by atoms with E-state index in [-0.39, 0.29) is 54.2 Å². The zero-order chi connectivity index (χ0) is 29.7. The van der Waals surface area contributed by atoms with E-state index in [0.717, 1.165) is 41.1 Å². The molecule has 8 nitrogen and oxygen atoms in total. The zero-order valence-corrected chi connectivity index (χ0v) is 24.8. The van der Waals surface area contributed by atoms with Gasteiger partial charge in [0.2, 0.25) is 11.8 Å². The number of amides is 3. The predicted octanol–water partition coefficient (Wildman–Crippen LogP) is 4.96. The molecular weight excluding hydrogens is 574 g/mol. The number of fused-ring (bicyclic) bond motifs is 1. The van der Waals surface area contributed by atoms with Crippen LogP contribution in [0.2, 0.25) is 5.02 Å². The van der Waals surface area contributed by atoms with Crippen molar-refractivity contribution in [3.05, 3.63) is 101 Å². The molecule has 42 heavy (non-hydrogen) atoms. The molecule has 10 heteroatoms. The number of hydrogen-bond acceptors (Lipinski definition) is 5. The predicted molar refractivity (Wildman–Crippen MR) is 160 cm³/mol. The number of carbonyl (C=O) groups is 3. The fourth-order valence-corrected chi connectivity index (χ4v) is 7.54. The van der Waals surface area contributed by atoms with Crippen LogP contribution in [0.15, 0.2) is 83.8 Å². The standard InChI is InChI=1S/C32H34ClN3O5S/c33-25-13-8-12-24(20-25)22-35(28(21-23-10-2-1-3-11-23)31(38)34-26-14-4-5-15-26)30(37)18-9-19-36-32(39)27-16-6-7-17-29(27)42(36,40)41/h1-3,6-8,10-13,16-17,20,26,28H,4-5,9,14-15,18-19,21-22H2,(H,34,38). The molecule has 0 radical (unpaired) electrons. The lowest BCUT2D eigenvalue weighted by Gasteiger charge is -2.32. The van der Waals surface area contributed by atoms with Gasteiger partial charge in [0.25, 0.3) is 15.9 Å². The molecule has 220 valence electrons. The quantitative estimate of drug-likeness (QED) is 0.332. The van der Waals surface area contributed by atoms with Crippen LogP contribution in [0.1, 0.15) is 60.0 Å². The fourth-order valence-electron chi connectivity index (χ4n) is 5.72. The average molecular weight is 608 g/mol. The summed E-state index contributed by atoms with van der Waals surface area (Å²) >= 11 is 6.25. The number of nitrogens with one attached hydrogen (secondary N) is 1. The first kappa shape index (κ1) is 29.8. The Bertz CT molecular complexity index is 1560. The smallest absolute Gasteiger partial charge is 0.269 e. The maximum absolute atomic E-state index is 13.9. The Morgan fingerprint density at radius 1 is 0.952 bits per heavy atom. The summed E-state index contributed by atoms with van der Waals surface area (Å²) in [4.78, 5) is 42.1. The Hall–Kier alpha value is -3.69. The summed E-state index contributed by atoms with van der Waals surface area (Å²) in [5.41, 5.74) is 1.83. The van der Waals surface area contributed by atoms with E-state index in [1.165, 1.54) is 12.1 Å². The second-order valence-corrected chi connectivity index (χ2v) is 13.1. The zero-order valence-electron chi connectivity index (χ0n) is 23.2. The SMILES string of the molecule is O=C(NC1CCCC1)C(Cc1ccccc1)N(Cc1cccc(Cl)c1)C(=O)CCCN1C(=O)c2ccccc2S1(=O)=O. The fraction of sp³-hybridized carbons (Fsp3) is 0.344. The molecule has 3 amide bonds. The molecule has 1 aliphatic heterocycles. The van der Waals surface area contributed by atoms with Crippen LogP contribution in [0.5, 0.6) is 0 Å². The summed E-state index contributed by atoms with van der Waals surface area (Å²) < 4.78 is 26.8. The molecule has 3 aromatic carbocycles. The third-order valence-corrected chi connectivity index (χ3v) is 9.95. The van der Waals surface area contributed by atoms with Gasteiger partial charge >= 0.3 is 0 Å². The molecule has 0 saturated heterocycles. The molecule has 2 aliphatic rings. The third-order valence-electron chi connectivity index (χ3n) is 7.88. The number of hydrogen-bond donors (Lipinski definition) is 1. The van der Waals surface area contributed by atoms with Gasteiger partial charge in [0.05, 0.1) is 5.56 Å². The van der Waals surface area contributed by atoms with E-state index < -0.39 is 22.0 Å². The number of benzene rings is 3. The largest absolute Gasteiger partial charge is 0.352 e. The summed E-state index contributed by atoms with van der Waals surface area (Å²) in [6, 6.07) is 22.1. The highest BCUT2D eigenvalue weighted by molar-refractivity contribution is 7.90. The molecule has 3 aromatic rings. The second kappa shape index (κ2) is 13.1. The topological polar surface area (TPSA) is 104 Å². The Kier molecular flexibility index (Phi) is 9.28. The van der Waals surface area contributed by atoms with Crippen LogP contribution in [0.4, 0.5) is 0 Å². The van der Waals surface area contributed by atoms with Crippen LogP contribution in [-0.4, -0.2) is 54.0 Å². The average Bonchev–Trinajstić information content (AvgIpc) is 3.56. The first-order chi connectivity index (χ1) is 20.2. The Morgan fingerprint density at radius 2 is 1.64 bits per heavy atom. The molecule has 1 aliphatic carbocycles. The monoisotopic (exact) mass is 607 g/mol. The van der Waals surface area contributed by atoms with Crippen LogP contribution in [-0.2, 0) is 32.6 Å². The van der Waals surface area contributed by atoms with Crippen molar-refractivity contribution >= 4 is 39.3 Å². The van der Waals surface area contributed by atoms with Crippen LogP contribution >= 0.6 is 11.6 Å². The number of rotatable bonds is 11. The van der Waals surface area contributed by atoms with Crippen molar-refractivity contribution in [1.82, 2.24) is 14.5 Å². The highest BCUT2D eigenvalue weighted by Crippen LogP contribution is 2.30. The lowest BCUT2D eigenvalue weighted by atomic mass is 10.0. The maximum Gasteiger partial charge on any atom is 0.269 e. The first-order valence-electron chi connectivity index (χ1n) is 14.3. The van der Waals surface area contributed by atoms with Crippen molar-refractivity contribution in [2.24, 2.45) is 0 Å². The minimum Gasteiger partial charge on any atom is -0.352 e. The van der Waals surface area contributed by atoms with Gasteiger partial charge in [-0.2, -0.15) is 0 Å². The lowest BCUT2D eigenvalue weighted by molar-refractivity contribution is -0.141. The van der Waals surface area contributed by atoms with Gasteiger partial charge in [-0.05, 0) is 54.7 Å². The molecule has 5 rings (SSSR count). The van der Waals surface area contributed by atoms with Gasteiger partial charge in [-0.15, -0.1) is 0 Å². The van der Waals surface area contributed by atoms with Gasteiger partial charge in [0.15, 0.2) is 0 Å². The molecule has 1 heterocycles. The summed E-state index contributed by atoms with van der Waals surface area (Å²) in [6.07, 6.45) is 4.33. The molecule has 1 fully saturated rings. The van der Waals surface area contributed by atoms with E-state index in [0.29, 0.717) is 11.4 Å². The Morgan fingerprint density at radius 3 is 2.36 bits per heavy atom. The highest BCUT2D eigenvalue weighted by Gasteiger charge is 2.40. The minimum absolute atomic E-state index is 0.0181. The minimum atomic E-state index is -3.97. The number of halogens is 1. The third kappa shape index (κ3) is 6.68. The van der Waals surface area contributed by atoms with Gasteiger partial charge in [-0.3, -0.25) is 14.4 Å². The molecule has 1 unspecified atom stereocenters. The van der Waals surface area contributed by atoms with Gasteiger partial charge < -0.3 is 10.2 Å². The van der Waals surface area contributed by atoms with Crippen LogP contribution in [0.3, 0.4) is 0 Å². The molecule has 0 aromatic heterocycles. The van der Waals surface area contributed by atoms with Gasteiger partial charge in [-0.25, -0.2) is 12.7 Å². The van der Waals surface area contributed by atoms with Crippen LogP contribution < -0.4 is 5.32 Å². The van der Waals surface area contributed by atoms with E-state index in [9.17, 15) is 22.8 Å². The molecule has 1 atom stereocenters. The Balaban J connectivity index is 1.37.